The van der Waals surface area contributed by atoms with Crippen molar-refractivity contribution in [2.24, 2.45) is 0 Å². The fourth-order valence-electron chi connectivity index (χ4n) is 2.55. The maximum atomic E-state index is 12.5. The quantitative estimate of drug-likeness (QED) is 0.410. The molecule has 0 heterocycles. The zero-order valence-electron chi connectivity index (χ0n) is 15.6. The lowest BCUT2D eigenvalue weighted by molar-refractivity contribution is 0.104. The van der Waals surface area contributed by atoms with Gasteiger partial charge in [-0.2, -0.15) is 0 Å². The van der Waals surface area contributed by atoms with Crippen LogP contribution in [0.2, 0.25) is 0 Å². The highest BCUT2D eigenvalue weighted by molar-refractivity contribution is 6.59. The minimum Gasteiger partial charge on any atom is -0.497 e. The largest absolute Gasteiger partial charge is 0.497 e. The van der Waals surface area contributed by atoms with E-state index < -0.39 is 7.12 Å². The van der Waals surface area contributed by atoms with Crippen molar-refractivity contribution in [1.29, 1.82) is 0 Å². The van der Waals surface area contributed by atoms with Crippen molar-refractivity contribution in [3.05, 3.63) is 47.5 Å². The summed E-state index contributed by atoms with van der Waals surface area (Å²) in [6.45, 7) is 0. The summed E-state index contributed by atoms with van der Waals surface area (Å²) in [5.74, 6) is 1.22. The molecule has 0 radical (unpaired) electrons. The highest BCUT2D eigenvalue weighted by atomic mass is 16.5. The Balaban J connectivity index is 2.33. The zero-order valence-corrected chi connectivity index (χ0v) is 15.6. The summed E-state index contributed by atoms with van der Waals surface area (Å²) < 4.78 is 20.8. The molecule has 0 saturated carbocycles. The molecule has 2 N–H and O–H groups in total. The summed E-state index contributed by atoms with van der Waals surface area (Å²) >= 11 is 0. The fraction of sp³-hybridized carbons (Fsp3) is 0.211. The monoisotopic (exact) mass is 372 g/mol. The molecule has 0 amide bonds. The third-order valence-electron chi connectivity index (χ3n) is 3.91. The van der Waals surface area contributed by atoms with E-state index in [1.165, 1.54) is 40.6 Å². The van der Waals surface area contributed by atoms with E-state index >= 15 is 0 Å². The van der Waals surface area contributed by atoms with Gasteiger partial charge in [-0.25, -0.2) is 0 Å². The summed E-state index contributed by atoms with van der Waals surface area (Å²) in [7, 11) is 4.18. The minimum absolute atomic E-state index is 0.208. The van der Waals surface area contributed by atoms with Crippen molar-refractivity contribution < 1.29 is 33.8 Å². The van der Waals surface area contributed by atoms with Gasteiger partial charge in [-0.1, -0.05) is 18.2 Å². The number of methoxy groups -OCH3 is 4. The average molecular weight is 372 g/mol. The van der Waals surface area contributed by atoms with Crippen LogP contribution in [-0.4, -0.2) is 51.4 Å². The zero-order chi connectivity index (χ0) is 20.0. The van der Waals surface area contributed by atoms with Crippen LogP contribution in [-0.2, 0) is 0 Å². The summed E-state index contributed by atoms with van der Waals surface area (Å²) in [4.78, 5) is 12.5. The van der Waals surface area contributed by atoms with E-state index in [0.29, 0.717) is 34.1 Å². The van der Waals surface area contributed by atoms with Gasteiger partial charge in [0.15, 0.2) is 17.3 Å². The molecule has 142 valence electrons. The van der Waals surface area contributed by atoms with E-state index in [4.69, 9.17) is 18.9 Å². The highest BCUT2D eigenvalue weighted by Gasteiger charge is 2.18. The Kier molecular flexibility index (Phi) is 6.87. The number of ketones is 1. The molecule has 0 bridgehead atoms. The first-order valence-corrected chi connectivity index (χ1v) is 8.01. The maximum Gasteiger partial charge on any atom is 0.492 e. The van der Waals surface area contributed by atoms with E-state index in [2.05, 4.69) is 0 Å². The standard InChI is InChI=1S/C19H21BO7/c1-24-16-8-6-12(9-14(16)20(22)23)5-7-15(21)13-10-17(25-2)19(27-4)18(11-13)26-3/h5-11,22-23H,1-4H3/b7-5+. The Bertz CT molecular complexity index is 821. The second kappa shape index (κ2) is 9.11. The molecule has 0 unspecified atom stereocenters. The second-order valence-electron chi connectivity index (χ2n) is 5.49. The van der Waals surface area contributed by atoms with Gasteiger partial charge < -0.3 is 29.0 Å². The van der Waals surface area contributed by atoms with Gasteiger partial charge in [0, 0.05) is 11.0 Å². The normalized spacial score (nSPS) is 10.6. The Labute approximate surface area is 157 Å². The van der Waals surface area contributed by atoms with Crippen LogP contribution in [0.15, 0.2) is 36.4 Å². The van der Waals surface area contributed by atoms with E-state index in [1.807, 2.05) is 0 Å². The molecule has 0 atom stereocenters. The topological polar surface area (TPSA) is 94.5 Å². The van der Waals surface area contributed by atoms with Gasteiger partial charge in [0.25, 0.3) is 0 Å². The minimum atomic E-state index is -1.68. The van der Waals surface area contributed by atoms with Crippen LogP contribution in [0.5, 0.6) is 23.0 Å². The summed E-state index contributed by atoms with van der Waals surface area (Å²) in [5.41, 5.74) is 1.18. The van der Waals surface area contributed by atoms with E-state index in [-0.39, 0.29) is 11.2 Å². The number of rotatable bonds is 8. The lowest BCUT2D eigenvalue weighted by atomic mass is 9.78. The number of hydrogen-bond donors (Lipinski definition) is 2. The average Bonchev–Trinajstić information content (AvgIpc) is 2.70. The first-order valence-electron chi connectivity index (χ1n) is 8.01. The highest BCUT2D eigenvalue weighted by Crippen LogP contribution is 2.38. The molecule has 2 rings (SSSR count). The number of allylic oxidation sites excluding steroid dienone is 1. The molecule has 0 saturated heterocycles. The molecule has 27 heavy (non-hydrogen) atoms. The van der Waals surface area contributed by atoms with Crippen LogP contribution in [0.3, 0.4) is 0 Å². The first-order chi connectivity index (χ1) is 12.9. The Morgan fingerprint density at radius 1 is 0.889 bits per heavy atom. The predicted molar refractivity (Wildman–Crippen MR) is 102 cm³/mol. The van der Waals surface area contributed by atoms with Crippen LogP contribution in [0.1, 0.15) is 15.9 Å². The molecule has 0 aliphatic carbocycles. The lowest BCUT2D eigenvalue weighted by Crippen LogP contribution is -2.31. The summed E-state index contributed by atoms with van der Waals surface area (Å²) in [6.07, 6.45) is 2.94. The van der Waals surface area contributed by atoms with Crippen molar-refractivity contribution in [3.8, 4) is 23.0 Å². The Morgan fingerprint density at radius 3 is 1.96 bits per heavy atom. The van der Waals surface area contributed by atoms with Crippen molar-refractivity contribution >= 4 is 24.4 Å². The van der Waals surface area contributed by atoms with E-state index in [0.717, 1.165) is 0 Å². The van der Waals surface area contributed by atoms with Crippen molar-refractivity contribution in [3.63, 3.8) is 0 Å². The van der Waals surface area contributed by atoms with Crippen LogP contribution in [0.25, 0.3) is 6.08 Å². The van der Waals surface area contributed by atoms with E-state index in [1.54, 1.807) is 30.3 Å². The molecular weight excluding hydrogens is 351 g/mol. The van der Waals surface area contributed by atoms with Gasteiger partial charge in [-0.3, -0.25) is 4.79 Å². The van der Waals surface area contributed by atoms with Crippen LogP contribution < -0.4 is 24.4 Å². The smallest absolute Gasteiger partial charge is 0.492 e. The number of hydrogen-bond acceptors (Lipinski definition) is 7. The van der Waals surface area contributed by atoms with Gasteiger partial charge in [0.2, 0.25) is 5.75 Å². The van der Waals surface area contributed by atoms with Crippen LogP contribution >= 0.6 is 0 Å². The SMILES string of the molecule is COc1ccc(/C=C/C(=O)c2cc(OC)c(OC)c(OC)c2)cc1B(O)O. The molecular formula is C19H21BO7. The molecule has 0 spiro atoms. The lowest BCUT2D eigenvalue weighted by Gasteiger charge is -2.13. The molecule has 8 heteroatoms. The predicted octanol–water partition coefficient (Wildman–Crippen LogP) is 1.30. The molecule has 0 aliphatic rings. The molecule has 2 aromatic carbocycles. The summed E-state index contributed by atoms with van der Waals surface area (Å²) in [5, 5.41) is 18.9. The Hall–Kier alpha value is -2.97. The Morgan fingerprint density at radius 2 is 1.48 bits per heavy atom. The van der Waals surface area contributed by atoms with Crippen molar-refractivity contribution in [1.82, 2.24) is 0 Å². The number of carbonyl (C=O) groups excluding carboxylic acids is 1. The number of ether oxygens (including phenoxy) is 4. The number of carbonyl (C=O) groups is 1. The van der Waals surface area contributed by atoms with Gasteiger partial charge in [0.05, 0.1) is 28.4 Å². The van der Waals surface area contributed by atoms with Crippen LogP contribution in [0, 0.1) is 0 Å². The first kappa shape index (κ1) is 20.3. The van der Waals surface area contributed by atoms with Crippen LogP contribution in [0.4, 0.5) is 0 Å². The van der Waals surface area contributed by atoms with Gasteiger partial charge in [-0.05, 0) is 29.8 Å². The molecule has 2 aromatic rings. The number of benzene rings is 2. The third-order valence-corrected chi connectivity index (χ3v) is 3.91. The van der Waals surface area contributed by atoms with Crippen molar-refractivity contribution in [2.75, 3.05) is 28.4 Å². The molecule has 0 aromatic heterocycles. The van der Waals surface area contributed by atoms with Gasteiger partial charge in [-0.15, -0.1) is 0 Å². The molecule has 0 fully saturated rings. The summed E-state index contributed by atoms with van der Waals surface area (Å²) in [6, 6.07) is 7.94. The van der Waals surface area contributed by atoms with Gasteiger partial charge in [0.1, 0.15) is 5.75 Å². The molecule has 0 aliphatic heterocycles. The molecule has 7 nitrogen and oxygen atoms in total. The van der Waals surface area contributed by atoms with E-state index in [9.17, 15) is 14.8 Å². The third kappa shape index (κ3) is 4.61. The fourth-order valence-corrected chi connectivity index (χ4v) is 2.55. The van der Waals surface area contributed by atoms with Gasteiger partial charge >= 0.3 is 7.12 Å². The maximum absolute atomic E-state index is 12.5. The van der Waals surface area contributed by atoms with Crippen molar-refractivity contribution in [2.45, 2.75) is 0 Å². The second-order valence-corrected chi connectivity index (χ2v) is 5.49.